The fourth-order valence-corrected chi connectivity index (χ4v) is 3.53. The van der Waals surface area contributed by atoms with E-state index in [4.69, 9.17) is 9.47 Å². The number of nitrogens with zero attached hydrogens (tertiary/aromatic N) is 2. The number of rotatable bonds is 7. The molecule has 4 aromatic rings. The molecule has 0 aliphatic rings. The molecule has 0 fully saturated rings. The van der Waals surface area contributed by atoms with Crippen LogP contribution in [0.25, 0.3) is 22.3 Å². The average Bonchev–Trinajstić information content (AvgIpc) is 3.22. The Labute approximate surface area is 179 Å². The van der Waals surface area contributed by atoms with Crippen LogP contribution in [0.5, 0.6) is 11.5 Å². The highest BCUT2D eigenvalue weighted by Gasteiger charge is 2.14. The highest BCUT2D eigenvalue weighted by atomic mass is 16.5. The first-order chi connectivity index (χ1) is 15.0. The van der Waals surface area contributed by atoms with Gasteiger partial charge in [0.05, 0.1) is 32.2 Å². The third-order valence-electron chi connectivity index (χ3n) is 5.27. The molecule has 0 bridgehead atoms. The zero-order valence-electron chi connectivity index (χ0n) is 17.6. The Kier molecular flexibility index (Phi) is 5.68. The number of benzene rings is 2. The summed E-state index contributed by atoms with van der Waals surface area (Å²) in [6.07, 6.45) is 0.239. The second kappa shape index (κ2) is 8.57. The number of fused-ring (bicyclic) bond motifs is 1. The summed E-state index contributed by atoms with van der Waals surface area (Å²) >= 11 is 0. The van der Waals surface area contributed by atoms with Gasteiger partial charge in [-0.15, -0.1) is 0 Å². The van der Waals surface area contributed by atoms with Crippen molar-refractivity contribution in [2.45, 2.75) is 20.0 Å². The van der Waals surface area contributed by atoms with Crippen LogP contribution in [0.3, 0.4) is 0 Å². The molecule has 0 atom stereocenters. The lowest BCUT2D eigenvalue weighted by atomic mass is 9.97. The summed E-state index contributed by atoms with van der Waals surface area (Å²) in [5, 5.41) is 17.2. The van der Waals surface area contributed by atoms with Crippen molar-refractivity contribution in [3.05, 3.63) is 70.9 Å². The summed E-state index contributed by atoms with van der Waals surface area (Å²) in [6, 6.07) is 14.9. The van der Waals surface area contributed by atoms with Crippen LogP contribution in [0, 0.1) is 6.92 Å². The van der Waals surface area contributed by atoms with Gasteiger partial charge in [0.25, 0.3) is 0 Å². The normalized spacial score (nSPS) is 11.0. The molecule has 2 aromatic heterocycles. The third-order valence-corrected chi connectivity index (χ3v) is 5.27. The highest BCUT2D eigenvalue weighted by molar-refractivity contribution is 5.98. The van der Waals surface area contributed by atoms with Gasteiger partial charge in [-0.25, -0.2) is 4.98 Å². The Morgan fingerprint density at radius 3 is 2.45 bits per heavy atom. The molecule has 2 N–H and O–H groups in total. The topological polar surface area (TPSA) is 97.3 Å². The number of aliphatic hydroxyl groups excluding tert-OH is 1. The number of hydrogen-bond donors (Lipinski definition) is 2. The quantitative estimate of drug-likeness (QED) is 0.443. The van der Waals surface area contributed by atoms with E-state index in [1.807, 2.05) is 37.3 Å². The molecule has 31 heavy (non-hydrogen) atoms. The predicted molar refractivity (Wildman–Crippen MR) is 118 cm³/mol. The highest BCUT2D eigenvalue weighted by Crippen LogP contribution is 2.27. The number of aryl methyl sites for hydroxylation is 1. The summed E-state index contributed by atoms with van der Waals surface area (Å²) in [6.45, 7) is 1.88. The Bertz CT molecular complexity index is 1240. The van der Waals surface area contributed by atoms with Crippen molar-refractivity contribution in [2.75, 3.05) is 14.2 Å². The second-order valence-electron chi connectivity index (χ2n) is 7.28. The molecule has 4 rings (SSSR count). The fraction of sp³-hybridized carbons (Fsp3) is 0.208. The number of methoxy groups -OCH3 is 2. The standard InChI is InChI=1S/C24H23N3O4/c1-14-4-5-15(9-23(29)16-10-17(30-2)12-18(11-16)31-3)8-20(14)21-7-6-19-22(13-28)26-27-24(19)25-21/h4-8,10-12,28H,9,13H2,1-3H3,(H,25,26,27). The van der Waals surface area contributed by atoms with E-state index in [9.17, 15) is 9.90 Å². The van der Waals surface area contributed by atoms with Gasteiger partial charge in [-0.05, 0) is 48.4 Å². The molecule has 0 radical (unpaired) electrons. The van der Waals surface area contributed by atoms with Crippen molar-refractivity contribution in [2.24, 2.45) is 0 Å². The minimum atomic E-state index is -0.122. The number of ether oxygens (including phenoxy) is 2. The van der Waals surface area contributed by atoms with Crippen LogP contribution in [-0.2, 0) is 13.0 Å². The number of ketones is 1. The van der Waals surface area contributed by atoms with Crippen LogP contribution in [-0.4, -0.2) is 40.3 Å². The Balaban J connectivity index is 1.65. The second-order valence-corrected chi connectivity index (χ2v) is 7.28. The van der Waals surface area contributed by atoms with Crippen LogP contribution in [0.15, 0.2) is 48.5 Å². The number of aliphatic hydroxyl groups is 1. The first-order valence-corrected chi connectivity index (χ1v) is 9.83. The Morgan fingerprint density at radius 2 is 1.77 bits per heavy atom. The lowest BCUT2D eigenvalue weighted by Gasteiger charge is -2.10. The van der Waals surface area contributed by atoms with E-state index in [1.165, 1.54) is 0 Å². The van der Waals surface area contributed by atoms with Crippen molar-refractivity contribution in [3.63, 3.8) is 0 Å². The van der Waals surface area contributed by atoms with Gasteiger partial charge in [-0.1, -0.05) is 12.1 Å². The summed E-state index contributed by atoms with van der Waals surface area (Å²) < 4.78 is 10.5. The van der Waals surface area contributed by atoms with Gasteiger partial charge in [0.15, 0.2) is 11.4 Å². The van der Waals surface area contributed by atoms with E-state index < -0.39 is 0 Å². The minimum absolute atomic E-state index is 0.0321. The van der Waals surface area contributed by atoms with Gasteiger partial charge in [0.2, 0.25) is 0 Å². The predicted octanol–water partition coefficient (Wildman–Crippen LogP) is 3.87. The first kappa shape index (κ1) is 20.6. The molecule has 0 saturated carbocycles. The number of carbonyl (C=O) groups excluding carboxylic acids is 1. The molecule has 0 aliphatic carbocycles. The van der Waals surface area contributed by atoms with E-state index >= 15 is 0 Å². The number of hydrogen-bond acceptors (Lipinski definition) is 6. The maximum absolute atomic E-state index is 12.9. The number of carbonyl (C=O) groups is 1. The van der Waals surface area contributed by atoms with Crippen LogP contribution in [0.2, 0.25) is 0 Å². The number of pyridine rings is 1. The van der Waals surface area contributed by atoms with Gasteiger partial charge in [-0.2, -0.15) is 5.10 Å². The Hall–Kier alpha value is -3.71. The molecule has 2 aromatic carbocycles. The molecule has 0 unspecified atom stereocenters. The van der Waals surface area contributed by atoms with Gasteiger partial charge >= 0.3 is 0 Å². The molecule has 0 aliphatic heterocycles. The van der Waals surface area contributed by atoms with Crippen molar-refractivity contribution >= 4 is 16.8 Å². The largest absolute Gasteiger partial charge is 0.497 e. The molecular weight excluding hydrogens is 394 g/mol. The van der Waals surface area contributed by atoms with Crippen molar-refractivity contribution in [1.82, 2.24) is 15.2 Å². The maximum Gasteiger partial charge on any atom is 0.181 e. The first-order valence-electron chi connectivity index (χ1n) is 9.83. The molecule has 0 saturated heterocycles. The number of aromatic nitrogens is 3. The molecule has 0 spiro atoms. The Morgan fingerprint density at radius 1 is 1.03 bits per heavy atom. The van der Waals surface area contributed by atoms with Crippen LogP contribution >= 0.6 is 0 Å². The monoisotopic (exact) mass is 417 g/mol. The van der Waals surface area contributed by atoms with Crippen LogP contribution in [0.4, 0.5) is 0 Å². The average molecular weight is 417 g/mol. The van der Waals surface area contributed by atoms with E-state index in [0.29, 0.717) is 28.4 Å². The van der Waals surface area contributed by atoms with E-state index in [-0.39, 0.29) is 18.8 Å². The summed E-state index contributed by atoms with van der Waals surface area (Å²) in [4.78, 5) is 17.6. The maximum atomic E-state index is 12.9. The van der Waals surface area contributed by atoms with Gasteiger partial charge in [0, 0.05) is 29.0 Å². The molecular formula is C24H23N3O4. The van der Waals surface area contributed by atoms with Crippen molar-refractivity contribution in [3.8, 4) is 22.8 Å². The molecule has 7 heteroatoms. The molecule has 7 nitrogen and oxygen atoms in total. The SMILES string of the molecule is COc1cc(OC)cc(C(=O)Cc2ccc(C)c(-c3ccc4c(CO)[nH]nc4n3)c2)c1. The van der Waals surface area contributed by atoms with Crippen molar-refractivity contribution in [1.29, 1.82) is 0 Å². The van der Waals surface area contributed by atoms with Gasteiger partial charge in [0.1, 0.15) is 11.5 Å². The molecule has 0 amide bonds. The van der Waals surface area contributed by atoms with Gasteiger partial charge < -0.3 is 14.6 Å². The number of Topliss-reactive ketones (excluding diaryl/α,β-unsaturated/α-hetero) is 1. The summed E-state index contributed by atoms with van der Waals surface area (Å²) in [5.41, 5.74) is 5.34. The number of aromatic amines is 1. The molecule has 158 valence electrons. The fourth-order valence-electron chi connectivity index (χ4n) is 3.53. The lowest BCUT2D eigenvalue weighted by molar-refractivity contribution is 0.0992. The summed E-state index contributed by atoms with van der Waals surface area (Å²) in [5.74, 6) is 1.12. The summed E-state index contributed by atoms with van der Waals surface area (Å²) in [7, 11) is 3.12. The van der Waals surface area contributed by atoms with Crippen LogP contribution in [0.1, 0.15) is 27.2 Å². The zero-order valence-corrected chi connectivity index (χ0v) is 17.6. The number of nitrogens with one attached hydrogen (secondary N) is 1. The lowest BCUT2D eigenvalue weighted by Crippen LogP contribution is -2.05. The van der Waals surface area contributed by atoms with Crippen molar-refractivity contribution < 1.29 is 19.4 Å². The molecule has 2 heterocycles. The smallest absolute Gasteiger partial charge is 0.181 e. The number of H-pyrrole nitrogens is 1. The van der Waals surface area contributed by atoms with Gasteiger partial charge in [-0.3, -0.25) is 9.89 Å². The third kappa shape index (κ3) is 4.13. The van der Waals surface area contributed by atoms with Crippen LogP contribution < -0.4 is 9.47 Å². The minimum Gasteiger partial charge on any atom is -0.497 e. The van der Waals surface area contributed by atoms with E-state index in [2.05, 4.69) is 15.2 Å². The van der Waals surface area contributed by atoms with E-state index in [0.717, 1.165) is 27.8 Å². The van der Waals surface area contributed by atoms with E-state index in [1.54, 1.807) is 32.4 Å². The zero-order chi connectivity index (χ0) is 22.0.